The van der Waals surface area contributed by atoms with Gasteiger partial charge in [-0.15, -0.1) is 0 Å². The van der Waals surface area contributed by atoms with Gasteiger partial charge in [0.05, 0.1) is 7.11 Å². The van der Waals surface area contributed by atoms with Crippen molar-refractivity contribution in [3.63, 3.8) is 0 Å². The zero-order chi connectivity index (χ0) is 18.6. The number of nitrogens with one attached hydrogen (secondary N) is 1. The molecule has 1 N–H and O–H groups in total. The lowest BCUT2D eigenvalue weighted by Crippen LogP contribution is -2.55. The van der Waals surface area contributed by atoms with Gasteiger partial charge in [-0.1, -0.05) is 24.3 Å². The highest BCUT2D eigenvalue weighted by Gasteiger charge is 2.33. The Morgan fingerprint density at radius 2 is 1.93 bits per heavy atom. The summed E-state index contributed by atoms with van der Waals surface area (Å²) in [6.07, 6.45) is 2.62. The van der Waals surface area contributed by atoms with E-state index in [2.05, 4.69) is 10.2 Å². The van der Waals surface area contributed by atoms with Crippen molar-refractivity contribution in [1.29, 1.82) is 0 Å². The van der Waals surface area contributed by atoms with Crippen LogP contribution < -0.4 is 14.8 Å². The Morgan fingerprint density at radius 3 is 2.63 bits per heavy atom. The minimum Gasteiger partial charge on any atom is -0.493 e. The van der Waals surface area contributed by atoms with Crippen molar-refractivity contribution in [2.45, 2.75) is 32.0 Å². The second-order valence-corrected chi connectivity index (χ2v) is 7.49. The predicted molar refractivity (Wildman–Crippen MR) is 104 cm³/mol. The standard InChI is InChI=1S/C22H27FN2O2/c1-26-22-12-16(13-24-20-14-25-10-8-17(20)9-11-25)6-7-21(22)27-15-18-4-2-3-5-19(18)23/h2-7,12,17,20,24H,8-11,13-15H2,1H3. The van der Waals surface area contributed by atoms with Gasteiger partial charge in [-0.2, -0.15) is 0 Å². The normalized spacial score (nSPS) is 24.0. The first-order chi connectivity index (χ1) is 13.2. The van der Waals surface area contributed by atoms with Crippen molar-refractivity contribution in [3.05, 3.63) is 59.4 Å². The van der Waals surface area contributed by atoms with Gasteiger partial charge >= 0.3 is 0 Å². The first kappa shape index (κ1) is 18.3. The Hall–Kier alpha value is -2.11. The van der Waals surface area contributed by atoms with Crippen LogP contribution >= 0.6 is 0 Å². The number of ether oxygens (including phenoxy) is 2. The molecule has 144 valence electrons. The maximum atomic E-state index is 13.8. The highest BCUT2D eigenvalue weighted by atomic mass is 19.1. The van der Waals surface area contributed by atoms with Crippen LogP contribution in [0.2, 0.25) is 0 Å². The van der Waals surface area contributed by atoms with E-state index < -0.39 is 0 Å². The Kier molecular flexibility index (Phi) is 5.60. The summed E-state index contributed by atoms with van der Waals surface area (Å²) in [7, 11) is 1.63. The fourth-order valence-electron chi connectivity index (χ4n) is 4.16. The molecule has 2 aromatic carbocycles. The molecule has 27 heavy (non-hydrogen) atoms. The SMILES string of the molecule is COc1cc(CNC2CN3CCC2CC3)ccc1OCc1ccccc1F. The summed E-state index contributed by atoms with van der Waals surface area (Å²) < 4.78 is 25.0. The minimum absolute atomic E-state index is 0.181. The summed E-state index contributed by atoms with van der Waals surface area (Å²) in [5.41, 5.74) is 1.70. The lowest BCUT2D eigenvalue weighted by molar-refractivity contribution is 0.0720. The Morgan fingerprint density at radius 1 is 1.11 bits per heavy atom. The molecule has 0 amide bonds. The molecule has 3 heterocycles. The second-order valence-electron chi connectivity index (χ2n) is 7.49. The highest BCUT2D eigenvalue weighted by Crippen LogP contribution is 2.30. The van der Waals surface area contributed by atoms with E-state index in [0.717, 1.165) is 19.0 Å². The molecule has 0 radical (unpaired) electrons. The van der Waals surface area contributed by atoms with Gasteiger partial charge < -0.3 is 19.7 Å². The van der Waals surface area contributed by atoms with E-state index in [1.165, 1.54) is 37.6 Å². The van der Waals surface area contributed by atoms with Crippen LogP contribution in [0.25, 0.3) is 0 Å². The van der Waals surface area contributed by atoms with E-state index in [9.17, 15) is 4.39 Å². The number of piperidine rings is 3. The fourth-order valence-corrected chi connectivity index (χ4v) is 4.16. The molecule has 0 aliphatic carbocycles. The van der Waals surface area contributed by atoms with E-state index in [4.69, 9.17) is 9.47 Å². The van der Waals surface area contributed by atoms with Gasteiger partial charge in [0, 0.05) is 24.7 Å². The van der Waals surface area contributed by atoms with Crippen LogP contribution in [-0.4, -0.2) is 37.7 Å². The van der Waals surface area contributed by atoms with Gasteiger partial charge in [0.15, 0.2) is 11.5 Å². The number of methoxy groups -OCH3 is 1. The second kappa shape index (κ2) is 8.28. The molecule has 3 aliphatic heterocycles. The molecule has 3 saturated heterocycles. The van der Waals surface area contributed by atoms with Crippen LogP contribution in [0, 0.1) is 11.7 Å². The molecule has 1 atom stereocenters. The maximum Gasteiger partial charge on any atom is 0.161 e. The van der Waals surface area contributed by atoms with Crippen LogP contribution in [0.3, 0.4) is 0 Å². The lowest BCUT2D eigenvalue weighted by atomic mass is 9.84. The molecule has 5 rings (SSSR count). The van der Waals surface area contributed by atoms with E-state index in [1.54, 1.807) is 19.2 Å². The van der Waals surface area contributed by atoms with Gasteiger partial charge in [-0.3, -0.25) is 0 Å². The third-order valence-electron chi connectivity index (χ3n) is 5.79. The summed E-state index contributed by atoms with van der Waals surface area (Å²) in [4.78, 5) is 2.55. The topological polar surface area (TPSA) is 33.7 Å². The number of hydrogen-bond donors (Lipinski definition) is 1. The van der Waals surface area contributed by atoms with Crippen LogP contribution in [0.4, 0.5) is 4.39 Å². The Labute approximate surface area is 160 Å². The van der Waals surface area contributed by atoms with Gasteiger partial charge in [-0.25, -0.2) is 4.39 Å². The van der Waals surface area contributed by atoms with Gasteiger partial charge in [0.1, 0.15) is 12.4 Å². The fraction of sp³-hybridized carbons (Fsp3) is 0.455. The minimum atomic E-state index is -0.255. The molecule has 4 nitrogen and oxygen atoms in total. The molecule has 5 heteroatoms. The molecule has 0 saturated carbocycles. The van der Waals surface area contributed by atoms with Crippen molar-refractivity contribution in [1.82, 2.24) is 10.2 Å². The van der Waals surface area contributed by atoms with Crippen LogP contribution in [0.1, 0.15) is 24.0 Å². The molecular formula is C22H27FN2O2. The summed E-state index contributed by atoms with van der Waals surface area (Å²) >= 11 is 0. The zero-order valence-electron chi connectivity index (χ0n) is 15.8. The number of fused-ring (bicyclic) bond motifs is 3. The summed E-state index contributed by atoms with van der Waals surface area (Å²) in [6.45, 7) is 4.67. The summed E-state index contributed by atoms with van der Waals surface area (Å²) in [5, 5.41) is 3.72. The molecule has 0 aromatic heterocycles. The molecule has 0 spiro atoms. The largest absolute Gasteiger partial charge is 0.493 e. The molecule has 2 bridgehead atoms. The lowest BCUT2D eigenvalue weighted by Gasteiger charge is -2.45. The predicted octanol–water partition coefficient (Wildman–Crippen LogP) is 3.60. The third-order valence-corrected chi connectivity index (χ3v) is 5.79. The first-order valence-corrected chi connectivity index (χ1v) is 9.72. The molecule has 2 aromatic rings. The van der Waals surface area contributed by atoms with E-state index in [1.807, 2.05) is 24.3 Å². The van der Waals surface area contributed by atoms with Gasteiger partial charge in [-0.05, 0) is 55.6 Å². The van der Waals surface area contributed by atoms with Crippen molar-refractivity contribution in [2.75, 3.05) is 26.7 Å². The zero-order valence-corrected chi connectivity index (χ0v) is 15.8. The van der Waals surface area contributed by atoms with Gasteiger partial charge in [0.25, 0.3) is 0 Å². The van der Waals surface area contributed by atoms with Crippen molar-refractivity contribution >= 4 is 0 Å². The van der Waals surface area contributed by atoms with Crippen molar-refractivity contribution in [2.24, 2.45) is 5.92 Å². The van der Waals surface area contributed by atoms with Crippen LogP contribution in [0.15, 0.2) is 42.5 Å². The van der Waals surface area contributed by atoms with Crippen molar-refractivity contribution < 1.29 is 13.9 Å². The number of nitrogens with zero attached hydrogens (tertiary/aromatic N) is 1. The van der Waals surface area contributed by atoms with Crippen LogP contribution in [0.5, 0.6) is 11.5 Å². The van der Waals surface area contributed by atoms with E-state index in [-0.39, 0.29) is 12.4 Å². The van der Waals surface area contributed by atoms with E-state index >= 15 is 0 Å². The maximum absolute atomic E-state index is 13.8. The Balaban J connectivity index is 1.37. The van der Waals surface area contributed by atoms with Crippen LogP contribution in [-0.2, 0) is 13.2 Å². The summed E-state index contributed by atoms with van der Waals surface area (Å²) in [5.74, 6) is 1.86. The number of halogens is 1. The first-order valence-electron chi connectivity index (χ1n) is 9.72. The molecular weight excluding hydrogens is 343 g/mol. The number of benzene rings is 2. The molecule has 3 fully saturated rings. The van der Waals surface area contributed by atoms with E-state index in [0.29, 0.717) is 23.1 Å². The Bertz CT molecular complexity index is 775. The number of hydrogen-bond acceptors (Lipinski definition) is 4. The smallest absolute Gasteiger partial charge is 0.161 e. The molecule has 3 aliphatic rings. The monoisotopic (exact) mass is 370 g/mol. The quantitative estimate of drug-likeness (QED) is 0.808. The van der Waals surface area contributed by atoms with Gasteiger partial charge in [0.2, 0.25) is 0 Å². The van der Waals surface area contributed by atoms with Crippen molar-refractivity contribution in [3.8, 4) is 11.5 Å². The average Bonchev–Trinajstić information content (AvgIpc) is 2.73. The average molecular weight is 370 g/mol. The summed E-state index contributed by atoms with van der Waals surface area (Å²) in [6, 6.07) is 13.2. The molecule has 1 unspecified atom stereocenters. The number of rotatable bonds is 7. The highest BCUT2D eigenvalue weighted by molar-refractivity contribution is 5.43. The third kappa shape index (κ3) is 4.25.